The molecule has 1 aromatic rings. The Morgan fingerprint density at radius 1 is 1.31 bits per heavy atom. The Morgan fingerprint density at radius 3 is 2.79 bits per heavy atom. The van der Waals surface area contributed by atoms with E-state index in [1.165, 1.54) is 18.4 Å². The molecule has 0 saturated carbocycles. The van der Waals surface area contributed by atoms with Crippen molar-refractivity contribution < 1.29 is 19.4 Å². The normalized spacial score (nSPS) is 24.8. The number of carbonyl (C=O) groups is 1. The molecular weight excluding hydrogens is 366 g/mol. The van der Waals surface area contributed by atoms with Crippen LogP contribution in [0.1, 0.15) is 70.4 Å². The van der Waals surface area contributed by atoms with Gasteiger partial charge in [0.2, 0.25) is 0 Å². The first-order valence-electron chi connectivity index (χ1n) is 10.9. The highest BCUT2D eigenvalue weighted by atomic mass is 16.5. The van der Waals surface area contributed by atoms with Crippen LogP contribution in [0.3, 0.4) is 0 Å². The van der Waals surface area contributed by atoms with Crippen LogP contribution in [0.15, 0.2) is 29.8 Å². The molecule has 160 valence electrons. The van der Waals surface area contributed by atoms with E-state index in [0.29, 0.717) is 31.6 Å². The maximum atomic E-state index is 11.8. The molecule has 2 aliphatic rings. The smallest absolute Gasteiger partial charge is 0.331 e. The highest BCUT2D eigenvalue weighted by molar-refractivity contribution is 5.87. The average Bonchev–Trinajstić information content (AvgIpc) is 2.67. The van der Waals surface area contributed by atoms with Crippen LogP contribution in [-0.4, -0.2) is 29.8 Å². The third-order valence-electron chi connectivity index (χ3n) is 6.38. The van der Waals surface area contributed by atoms with Crippen molar-refractivity contribution in [1.82, 2.24) is 0 Å². The van der Waals surface area contributed by atoms with E-state index >= 15 is 0 Å². The second kappa shape index (κ2) is 8.88. The van der Waals surface area contributed by atoms with Crippen LogP contribution in [0.25, 0.3) is 0 Å². The summed E-state index contributed by atoms with van der Waals surface area (Å²) >= 11 is 0. The number of fused-ring (bicyclic) bond motifs is 3. The van der Waals surface area contributed by atoms with Crippen LogP contribution < -0.4 is 10.5 Å². The Kier molecular flexibility index (Phi) is 6.69. The lowest BCUT2D eigenvalue weighted by Crippen LogP contribution is -2.56. The zero-order chi connectivity index (χ0) is 21.1. The fourth-order valence-electron chi connectivity index (χ4n) is 4.88. The van der Waals surface area contributed by atoms with Crippen LogP contribution in [-0.2, 0) is 21.6 Å². The number of allylic oxidation sites excluding steroid dienone is 1. The summed E-state index contributed by atoms with van der Waals surface area (Å²) in [6, 6.07) is 6.39. The van der Waals surface area contributed by atoms with Crippen molar-refractivity contribution in [3.8, 4) is 5.75 Å². The first-order chi connectivity index (χ1) is 13.8. The predicted octanol–water partition coefficient (Wildman–Crippen LogP) is 4.57. The van der Waals surface area contributed by atoms with Gasteiger partial charge >= 0.3 is 5.97 Å². The van der Waals surface area contributed by atoms with E-state index in [-0.39, 0.29) is 5.92 Å². The van der Waals surface area contributed by atoms with Gasteiger partial charge in [0.05, 0.1) is 0 Å². The van der Waals surface area contributed by atoms with Gasteiger partial charge in [-0.05, 0) is 57.7 Å². The van der Waals surface area contributed by atoms with Crippen LogP contribution >= 0.6 is 0 Å². The van der Waals surface area contributed by atoms with Gasteiger partial charge in [0.15, 0.2) is 0 Å². The molecule has 0 fully saturated rings. The summed E-state index contributed by atoms with van der Waals surface area (Å²) in [7, 11) is 0. The molecule has 0 bridgehead atoms. The van der Waals surface area contributed by atoms with Crippen molar-refractivity contribution >= 4 is 5.97 Å². The van der Waals surface area contributed by atoms with Crippen molar-refractivity contribution in [1.29, 1.82) is 0 Å². The van der Waals surface area contributed by atoms with Gasteiger partial charge < -0.3 is 20.3 Å². The van der Waals surface area contributed by atoms with Gasteiger partial charge in [-0.1, -0.05) is 38.0 Å². The predicted molar refractivity (Wildman–Crippen MR) is 114 cm³/mol. The number of aliphatic carboxylic acids is 1. The second-order valence-electron chi connectivity index (χ2n) is 8.87. The Labute approximate surface area is 174 Å². The summed E-state index contributed by atoms with van der Waals surface area (Å²) in [6.45, 7) is 7.44. The minimum atomic E-state index is -0.868. The monoisotopic (exact) mass is 401 g/mol. The minimum absolute atomic E-state index is 0.0364. The van der Waals surface area contributed by atoms with Crippen molar-refractivity contribution in [2.45, 2.75) is 76.9 Å². The van der Waals surface area contributed by atoms with Gasteiger partial charge in [0, 0.05) is 30.1 Å². The maximum Gasteiger partial charge on any atom is 0.331 e. The lowest BCUT2D eigenvalue weighted by molar-refractivity contribution is -0.168. The molecule has 29 heavy (non-hydrogen) atoms. The molecule has 2 unspecified atom stereocenters. The van der Waals surface area contributed by atoms with E-state index in [0.717, 1.165) is 30.6 Å². The number of unbranched alkanes of at least 4 members (excludes halogenated alkanes) is 2. The van der Waals surface area contributed by atoms with Crippen LogP contribution in [0.4, 0.5) is 0 Å². The summed E-state index contributed by atoms with van der Waals surface area (Å²) in [5.41, 5.74) is 7.20. The summed E-state index contributed by atoms with van der Waals surface area (Å²) < 4.78 is 13.0. The number of nitrogens with two attached hydrogens (primary N) is 1. The number of rotatable bonds is 9. The SMILES string of the molecule is CCCCCc1ccc2c(c1)OC(C)(C)C1CC=C(C(=O)O)CC21OCCCN. The number of benzene rings is 1. The van der Waals surface area contributed by atoms with E-state index in [1.807, 2.05) is 6.08 Å². The molecule has 3 N–H and O–H groups in total. The largest absolute Gasteiger partial charge is 0.487 e. The molecule has 1 aromatic carbocycles. The van der Waals surface area contributed by atoms with E-state index < -0.39 is 17.2 Å². The third-order valence-corrected chi connectivity index (χ3v) is 6.38. The molecular formula is C24H35NO4. The van der Waals surface area contributed by atoms with Crippen LogP contribution in [0.5, 0.6) is 5.75 Å². The Hall–Kier alpha value is -1.85. The van der Waals surface area contributed by atoms with Crippen molar-refractivity contribution in [3.05, 3.63) is 41.0 Å². The summed E-state index contributed by atoms with van der Waals surface area (Å²) in [4.78, 5) is 11.8. The lowest BCUT2D eigenvalue weighted by atomic mass is 9.63. The summed E-state index contributed by atoms with van der Waals surface area (Å²) in [5.74, 6) is 0.00114. The first kappa shape index (κ1) is 21.8. The van der Waals surface area contributed by atoms with Gasteiger partial charge in [-0.3, -0.25) is 0 Å². The van der Waals surface area contributed by atoms with Crippen LogP contribution in [0.2, 0.25) is 0 Å². The standard InChI is InChI=1S/C24H35NO4/c1-4-5-6-8-17-9-11-19-20(15-17)29-23(2,3)21-12-10-18(22(26)27)16-24(19,21)28-14-7-13-25/h9-11,15,21H,4-8,12-14,16,25H2,1-3H3,(H,26,27). The molecule has 5 heteroatoms. The summed E-state index contributed by atoms with van der Waals surface area (Å²) in [5, 5.41) is 9.68. The molecule has 5 nitrogen and oxygen atoms in total. The second-order valence-corrected chi connectivity index (χ2v) is 8.87. The van der Waals surface area contributed by atoms with Crippen molar-refractivity contribution in [3.63, 3.8) is 0 Å². The zero-order valence-electron chi connectivity index (χ0n) is 18.0. The van der Waals surface area contributed by atoms with E-state index in [2.05, 4.69) is 39.0 Å². The van der Waals surface area contributed by atoms with Crippen molar-refractivity contribution in [2.24, 2.45) is 11.7 Å². The fraction of sp³-hybridized carbons (Fsp3) is 0.625. The maximum absolute atomic E-state index is 11.8. The zero-order valence-corrected chi connectivity index (χ0v) is 18.0. The molecule has 1 heterocycles. The fourth-order valence-corrected chi connectivity index (χ4v) is 4.88. The van der Waals surface area contributed by atoms with Crippen molar-refractivity contribution in [2.75, 3.05) is 13.2 Å². The van der Waals surface area contributed by atoms with E-state index in [1.54, 1.807) is 0 Å². The lowest BCUT2D eigenvalue weighted by Gasteiger charge is -2.54. The topological polar surface area (TPSA) is 81.8 Å². The van der Waals surface area contributed by atoms with E-state index in [4.69, 9.17) is 15.2 Å². The van der Waals surface area contributed by atoms with E-state index in [9.17, 15) is 9.90 Å². The Balaban J connectivity index is 2.04. The van der Waals surface area contributed by atoms with Crippen LogP contribution in [0, 0.1) is 5.92 Å². The third kappa shape index (κ3) is 4.36. The molecule has 1 aliphatic heterocycles. The highest BCUT2D eigenvalue weighted by Gasteiger charge is 2.56. The quantitative estimate of drug-likeness (QED) is 0.592. The van der Waals surface area contributed by atoms with Gasteiger partial charge in [0.25, 0.3) is 0 Å². The van der Waals surface area contributed by atoms with Gasteiger partial charge in [-0.15, -0.1) is 0 Å². The van der Waals surface area contributed by atoms with Gasteiger partial charge in [0.1, 0.15) is 17.0 Å². The minimum Gasteiger partial charge on any atom is -0.487 e. The summed E-state index contributed by atoms with van der Waals surface area (Å²) in [6.07, 6.45) is 8.14. The first-order valence-corrected chi connectivity index (χ1v) is 10.9. The number of hydrogen-bond acceptors (Lipinski definition) is 4. The number of aryl methyl sites for hydroxylation is 1. The highest BCUT2D eigenvalue weighted by Crippen LogP contribution is 2.56. The Morgan fingerprint density at radius 2 is 2.10 bits per heavy atom. The molecule has 3 rings (SSSR count). The van der Waals surface area contributed by atoms with Gasteiger partial charge in [-0.25, -0.2) is 4.79 Å². The number of carboxylic acid groups (broad SMARTS) is 1. The van der Waals surface area contributed by atoms with Gasteiger partial charge in [-0.2, -0.15) is 0 Å². The molecule has 0 saturated heterocycles. The average molecular weight is 402 g/mol. The molecule has 0 aromatic heterocycles. The number of carboxylic acids is 1. The molecule has 2 atom stereocenters. The number of ether oxygens (including phenoxy) is 2. The number of hydrogen-bond donors (Lipinski definition) is 2. The Bertz CT molecular complexity index is 770. The molecule has 0 spiro atoms. The molecule has 0 radical (unpaired) electrons. The molecule has 0 amide bonds. The molecule has 1 aliphatic carbocycles.